The first-order valence-corrected chi connectivity index (χ1v) is 9.94. The van der Waals surface area contributed by atoms with Crippen LogP contribution in [0.25, 0.3) is 55.4 Å². The molecule has 2 N–H and O–H groups in total. The molecule has 30 heavy (non-hydrogen) atoms. The Bertz CT molecular complexity index is 1520. The van der Waals surface area contributed by atoms with Crippen LogP contribution in [0.15, 0.2) is 61.1 Å². The molecule has 0 fully saturated rings. The summed E-state index contributed by atoms with van der Waals surface area (Å²) in [5.74, 6) is 0.575. The number of nitrogens with one attached hydrogen (secondary N) is 2. The van der Waals surface area contributed by atoms with Crippen LogP contribution in [0.5, 0.6) is 0 Å². The average Bonchev–Trinajstić information content (AvgIpc) is 3.51. The van der Waals surface area contributed by atoms with Crippen LogP contribution in [0.2, 0.25) is 0 Å². The van der Waals surface area contributed by atoms with E-state index in [1.807, 2.05) is 30.3 Å². The summed E-state index contributed by atoms with van der Waals surface area (Å²) in [7, 11) is 0. The highest BCUT2D eigenvalue weighted by Crippen LogP contribution is 2.34. The molecule has 0 amide bonds. The van der Waals surface area contributed by atoms with Crippen molar-refractivity contribution in [2.75, 3.05) is 0 Å². The van der Waals surface area contributed by atoms with E-state index in [1.54, 1.807) is 24.7 Å². The van der Waals surface area contributed by atoms with Crippen LogP contribution in [0.4, 0.5) is 4.39 Å². The number of imidazole rings is 1. The van der Waals surface area contributed by atoms with Crippen molar-refractivity contribution in [3.8, 4) is 33.3 Å². The van der Waals surface area contributed by atoms with E-state index in [1.165, 1.54) is 6.07 Å². The first-order valence-electron chi connectivity index (χ1n) is 9.12. The summed E-state index contributed by atoms with van der Waals surface area (Å²) < 4.78 is 13.5. The van der Waals surface area contributed by atoms with E-state index in [0.717, 1.165) is 44.1 Å². The highest BCUT2D eigenvalue weighted by atomic mass is 32.1. The Kier molecular flexibility index (Phi) is 3.68. The van der Waals surface area contributed by atoms with Gasteiger partial charge in [0.25, 0.3) is 0 Å². The molecule has 9 heteroatoms. The summed E-state index contributed by atoms with van der Waals surface area (Å²) in [6.45, 7) is 0. The van der Waals surface area contributed by atoms with Gasteiger partial charge in [0, 0.05) is 28.2 Å². The van der Waals surface area contributed by atoms with Crippen LogP contribution in [-0.4, -0.2) is 35.1 Å². The molecule has 0 aliphatic heterocycles. The molecule has 6 aromatic rings. The summed E-state index contributed by atoms with van der Waals surface area (Å²) in [6, 6.07) is 12.7. The monoisotopic (exact) mass is 413 g/mol. The third-order valence-corrected chi connectivity index (χ3v) is 5.73. The number of thiophene rings is 1. The minimum atomic E-state index is -0.237. The number of pyridine rings is 3. The highest BCUT2D eigenvalue weighted by molar-refractivity contribution is 7.14. The number of fused-ring (bicyclic) bond motifs is 2. The summed E-state index contributed by atoms with van der Waals surface area (Å²) in [5, 5.41) is 8.07. The van der Waals surface area contributed by atoms with Gasteiger partial charge in [-0.1, -0.05) is 6.07 Å². The van der Waals surface area contributed by atoms with Gasteiger partial charge in [0.1, 0.15) is 11.2 Å². The van der Waals surface area contributed by atoms with Crippen molar-refractivity contribution in [3.63, 3.8) is 0 Å². The smallest absolute Gasteiger partial charge is 0.176 e. The van der Waals surface area contributed by atoms with Gasteiger partial charge in [-0.15, -0.1) is 11.3 Å². The van der Waals surface area contributed by atoms with Crippen molar-refractivity contribution < 1.29 is 4.39 Å². The van der Waals surface area contributed by atoms with Crippen LogP contribution >= 0.6 is 11.3 Å². The Morgan fingerprint density at radius 1 is 0.933 bits per heavy atom. The average molecular weight is 413 g/mol. The quantitative estimate of drug-likeness (QED) is 0.433. The Morgan fingerprint density at radius 2 is 1.90 bits per heavy atom. The number of H-pyrrole nitrogens is 2. The molecule has 144 valence electrons. The van der Waals surface area contributed by atoms with Gasteiger partial charge < -0.3 is 4.98 Å². The van der Waals surface area contributed by atoms with Crippen molar-refractivity contribution in [2.45, 2.75) is 0 Å². The molecule has 6 rings (SSSR count). The van der Waals surface area contributed by atoms with Crippen molar-refractivity contribution in [1.29, 1.82) is 0 Å². The summed E-state index contributed by atoms with van der Waals surface area (Å²) >= 11 is 1.08. The Hall–Kier alpha value is -3.98. The molecule has 0 saturated carbocycles. The van der Waals surface area contributed by atoms with Gasteiger partial charge in [-0.25, -0.2) is 9.97 Å². The zero-order valence-corrected chi connectivity index (χ0v) is 16.1. The predicted octanol–water partition coefficient (Wildman–Crippen LogP) is 4.83. The molecule has 0 bridgehead atoms. The second-order valence-electron chi connectivity index (χ2n) is 6.65. The summed E-state index contributed by atoms with van der Waals surface area (Å²) in [6.07, 6.45) is 5.15. The van der Waals surface area contributed by atoms with E-state index in [0.29, 0.717) is 22.7 Å². The minimum absolute atomic E-state index is 0.237. The van der Waals surface area contributed by atoms with E-state index in [9.17, 15) is 4.39 Å². The number of nitrogens with zero attached hydrogens (tertiary/aromatic N) is 5. The predicted molar refractivity (Wildman–Crippen MR) is 113 cm³/mol. The fraction of sp³-hybridized carbons (Fsp3) is 0. The van der Waals surface area contributed by atoms with Gasteiger partial charge in [0.05, 0.1) is 23.1 Å². The standard InChI is InChI=1S/C21H12FN7S/c22-17-5-4-16(30-17)11-6-8-24-20-18(11)26-21(27-20)19-12-9-14(13-3-1-2-7-23-13)25-10-15(12)28-29-19/h1-10H,(H,28,29)(H,24,26,27). The van der Waals surface area contributed by atoms with Crippen molar-refractivity contribution in [3.05, 3.63) is 66.2 Å². The summed E-state index contributed by atoms with van der Waals surface area (Å²) in [4.78, 5) is 22.0. The van der Waals surface area contributed by atoms with Crippen molar-refractivity contribution >= 4 is 33.4 Å². The molecule has 0 atom stereocenters. The van der Waals surface area contributed by atoms with Gasteiger partial charge >= 0.3 is 0 Å². The van der Waals surface area contributed by atoms with E-state index in [4.69, 9.17) is 4.98 Å². The molecule has 0 saturated heterocycles. The SMILES string of the molecule is Fc1ccc(-c2ccnc3[nH]c(-c4n[nH]c5cnc(-c6ccccn6)cc45)nc23)s1. The zero-order valence-electron chi connectivity index (χ0n) is 15.3. The third kappa shape index (κ3) is 2.67. The van der Waals surface area contributed by atoms with Crippen molar-refractivity contribution in [2.24, 2.45) is 0 Å². The van der Waals surface area contributed by atoms with E-state index in [-0.39, 0.29) is 5.13 Å². The molecule has 6 aromatic heterocycles. The molecular formula is C21H12FN7S. The fourth-order valence-electron chi connectivity index (χ4n) is 3.43. The van der Waals surface area contributed by atoms with Crippen LogP contribution < -0.4 is 0 Å². The fourth-order valence-corrected chi connectivity index (χ4v) is 4.19. The second-order valence-corrected chi connectivity index (χ2v) is 7.68. The number of hydrogen-bond acceptors (Lipinski definition) is 6. The number of aromatic amines is 2. The Morgan fingerprint density at radius 3 is 2.73 bits per heavy atom. The molecule has 0 aromatic carbocycles. The van der Waals surface area contributed by atoms with Crippen LogP contribution in [0.3, 0.4) is 0 Å². The van der Waals surface area contributed by atoms with Crippen LogP contribution in [0, 0.1) is 5.13 Å². The van der Waals surface area contributed by atoms with Crippen LogP contribution in [-0.2, 0) is 0 Å². The number of rotatable bonds is 3. The maximum absolute atomic E-state index is 13.5. The lowest BCUT2D eigenvalue weighted by atomic mass is 10.1. The lowest BCUT2D eigenvalue weighted by Crippen LogP contribution is -1.87. The molecule has 0 aliphatic carbocycles. The van der Waals surface area contributed by atoms with Gasteiger partial charge in [-0.3, -0.25) is 15.1 Å². The van der Waals surface area contributed by atoms with Crippen LogP contribution in [0.1, 0.15) is 0 Å². The lowest BCUT2D eigenvalue weighted by molar-refractivity contribution is 0.657. The number of hydrogen-bond donors (Lipinski definition) is 2. The topological polar surface area (TPSA) is 96.0 Å². The second kappa shape index (κ2) is 6.53. The van der Waals surface area contributed by atoms with Gasteiger partial charge in [0.2, 0.25) is 0 Å². The molecule has 0 unspecified atom stereocenters. The molecular weight excluding hydrogens is 401 g/mol. The molecule has 0 radical (unpaired) electrons. The number of aromatic nitrogens is 7. The zero-order chi connectivity index (χ0) is 20.1. The minimum Gasteiger partial charge on any atom is -0.321 e. The number of halogens is 1. The molecule has 0 aliphatic rings. The largest absolute Gasteiger partial charge is 0.321 e. The van der Waals surface area contributed by atoms with E-state index >= 15 is 0 Å². The molecule has 0 spiro atoms. The molecule has 6 heterocycles. The Balaban J connectivity index is 1.52. The Labute approximate surface area is 172 Å². The first-order chi connectivity index (χ1) is 14.8. The van der Waals surface area contributed by atoms with Crippen molar-refractivity contribution in [1.82, 2.24) is 35.1 Å². The lowest BCUT2D eigenvalue weighted by Gasteiger charge is -2.00. The maximum Gasteiger partial charge on any atom is 0.176 e. The first kappa shape index (κ1) is 16.9. The highest BCUT2D eigenvalue weighted by Gasteiger charge is 2.17. The summed E-state index contributed by atoms with van der Waals surface area (Å²) in [5.41, 5.74) is 5.09. The normalized spacial score (nSPS) is 11.5. The van der Waals surface area contributed by atoms with E-state index in [2.05, 4.69) is 30.1 Å². The van der Waals surface area contributed by atoms with Gasteiger partial charge in [-0.05, 0) is 36.4 Å². The maximum atomic E-state index is 13.5. The van der Waals surface area contributed by atoms with E-state index < -0.39 is 0 Å². The molecule has 7 nitrogen and oxygen atoms in total. The van der Waals surface area contributed by atoms with Gasteiger partial charge in [0.15, 0.2) is 16.6 Å². The van der Waals surface area contributed by atoms with Gasteiger partial charge in [-0.2, -0.15) is 9.49 Å². The third-order valence-electron chi connectivity index (χ3n) is 4.82.